The van der Waals surface area contributed by atoms with Crippen LogP contribution in [0.3, 0.4) is 0 Å². The minimum absolute atomic E-state index is 0.171. The van der Waals surface area contributed by atoms with Crippen LogP contribution in [0.15, 0.2) is 81.6 Å². The van der Waals surface area contributed by atoms with Crippen molar-refractivity contribution in [2.75, 3.05) is 5.32 Å². The van der Waals surface area contributed by atoms with Crippen LogP contribution in [0, 0.1) is 0 Å². The first-order valence-electron chi connectivity index (χ1n) is 10.7. The Labute approximate surface area is 206 Å². The number of oxazole rings is 1. The van der Waals surface area contributed by atoms with E-state index in [0.717, 1.165) is 16.7 Å². The highest BCUT2D eigenvalue weighted by Crippen LogP contribution is 2.32. The summed E-state index contributed by atoms with van der Waals surface area (Å²) in [6.45, 7) is 4.29. The largest absolute Gasteiger partial charge is 0.451 e. The average Bonchev–Trinajstić information content (AvgIpc) is 3.46. The first-order valence-corrected chi connectivity index (χ1v) is 11.5. The van der Waals surface area contributed by atoms with Crippen LogP contribution in [0.25, 0.3) is 33.9 Å². The number of rotatable bonds is 5. The van der Waals surface area contributed by atoms with Crippen molar-refractivity contribution in [2.45, 2.75) is 19.8 Å². The summed E-state index contributed by atoms with van der Waals surface area (Å²) in [6, 6.07) is 21.7. The van der Waals surface area contributed by atoms with Gasteiger partial charge in [0.2, 0.25) is 5.89 Å². The zero-order valence-electron chi connectivity index (χ0n) is 18.4. The Kier molecular flexibility index (Phi) is 5.90. The van der Waals surface area contributed by atoms with Crippen molar-refractivity contribution in [3.8, 4) is 22.8 Å². The van der Waals surface area contributed by atoms with E-state index in [4.69, 9.17) is 32.0 Å². The SMILES string of the molecule is CC(C)c1ccc2oc(-c3ccc(NC(=O)c4ccc(-c5ccc(Cl)cc5Cl)o4)cc3)nc2c1. The number of halogens is 2. The van der Waals surface area contributed by atoms with Gasteiger partial charge in [0.05, 0.1) is 5.02 Å². The third kappa shape index (κ3) is 4.45. The van der Waals surface area contributed by atoms with Crippen molar-refractivity contribution in [3.63, 3.8) is 0 Å². The minimum atomic E-state index is -0.368. The molecule has 0 aliphatic heterocycles. The number of benzene rings is 3. The number of furan rings is 1. The van der Waals surface area contributed by atoms with Crippen molar-refractivity contribution in [1.29, 1.82) is 0 Å². The number of nitrogens with one attached hydrogen (secondary N) is 1. The number of carbonyl (C=O) groups is 1. The van der Waals surface area contributed by atoms with Gasteiger partial charge in [0.25, 0.3) is 5.91 Å². The molecule has 5 nitrogen and oxygen atoms in total. The van der Waals surface area contributed by atoms with E-state index >= 15 is 0 Å². The summed E-state index contributed by atoms with van der Waals surface area (Å²) in [5, 5.41) is 3.81. The van der Waals surface area contributed by atoms with E-state index in [2.05, 4.69) is 36.3 Å². The number of fused-ring (bicyclic) bond motifs is 1. The third-order valence-electron chi connectivity index (χ3n) is 5.49. The van der Waals surface area contributed by atoms with Gasteiger partial charge in [-0.2, -0.15) is 0 Å². The molecule has 0 radical (unpaired) electrons. The fourth-order valence-electron chi connectivity index (χ4n) is 3.61. The molecule has 0 unspecified atom stereocenters. The third-order valence-corrected chi connectivity index (χ3v) is 6.04. The highest BCUT2D eigenvalue weighted by molar-refractivity contribution is 6.36. The first-order chi connectivity index (χ1) is 16.4. The van der Waals surface area contributed by atoms with Gasteiger partial charge in [0, 0.05) is 21.8 Å². The van der Waals surface area contributed by atoms with Crippen molar-refractivity contribution >= 4 is 45.9 Å². The summed E-state index contributed by atoms with van der Waals surface area (Å²) >= 11 is 12.2. The summed E-state index contributed by atoms with van der Waals surface area (Å²) in [6.07, 6.45) is 0. The molecule has 0 aliphatic carbocycles. The Morgan fingerprint density at radius 1 is 0.912 bits per heavy atom. The lowest BCUT2D eigenvalue weighted by molar-refractivity contribution is 0.0997. The molecular formula is C27H20Cl2N2O3. The average molecular weight is 491 g/mol. The highest BCUT2D eigenvalue weighted by Gasteiger charge is 2.15. The van der Waals surface area contributed by atoms with E-state index in [1.807, 2.05) is 18.2 Å². The summed E-state index contributed by atoms with van der Waals surface area (Å²) in [5.74, 6) is 1.24. The van der Waals surface area contributed by atoms with Crippen LogP contribution >= 0.6 is 23.2 Å². The number of carbonyl (C=O) groups excluding carboxylic acids is 1. The zero-order chi connectivity index (χ0) is 23.8. The molecule has 0 bridgehead atoms. The van der Waals surface area contributed by atoms with Crippen LogP contribution in [0.5, 0.6) is 0 Å². The number of amides is 1. The van der Waals surface area contributed by atoms with Crippen LogP contribution in [0.2, 0.25) is 10.0 Å². The molecule has 2 heterocycles. The number of hydrogen-bond donors (Lipinski definition) is 1. The second kappa shape index (κ2) is 9.01. The van der Waals surface area contributed by atoms with Crippen LogP contribution in [0.4, 0.5) is 5.69 Å². The molecular weight excluding hydrogens is 471 g/mol. The molecule has 0 atom stereocenters. The summed E-state index contributed by atoms with van der Waals surface area (Å²) < 4.78 is 11.6. The second-order valence-corrected chi connectivity index (χ2v) is 9.06. The van der Waals surface area contributed by atoms with E-state index in [1.54, 1.807) is 42.5 Å². The molecule has 0 fully saturated rings. The van der Waals surface area contributed by atoms with Gasteiger partial charge in [-0.15, -0.1) is 0 Å². The Bertz CT molecular complexity index is 1500. The molecule has 0 saturated carbocycles. The van der Waals surface area contributed by atoms with Crippen molar-refractivity contribution in [1.82, 2.24) is 4.98 Å². The first kappa shape index (κ1) is 22.3. The summed E-state index contributed by atoms with van der Waals surface area (Å²) in [4.78, 5) is 17.3. The maximum Gasteiger partial charge on any atom is 0.291 e. The van der Waals surface area contributed by atoms with E-state index in [-0.39, 0.29) is 11.7 Å². The molecule has 1 amide bonds. The molecule has 1 N–H and O–H groups in total. The van der Waals surface area contributed by atoms with Crippen LogP contribution in [0.1, 0.15) is 35.9 Å². The molecule has 0 saturated heterocycles. The number of hydrogen-bond acceptors (Lipinski definition) is 4. The van der Waals surface area contributed by atoms with E-state index in [0.29, 0.717) is 38.9 Å². The predicted molar refractivity (Wildman–Crippen MR) is 136 cm³/mol. The van der Waals surface area contributed by atoms with E-state index in [1.165, 1.54) is 5.56 Å². The van der Waals surface area contributed by atoms with Crippen LogP contribution in [-0.4, -0.2) is 10.9 Å². The minimum Gasteiger partial charge on any atom is -0.451 e. The number of nitrogens with zero attached hydrogens (tertiary/aromatic N) is 1. The molecule has 7 heteroatoms. The Balaban J connectivity index is 1.31. The summed E-state index contributed by atoms with van der Waals surface area (Å²) in [7, 11) is 0. The Morgan fingerprint density at radius 2 is 1.71 bits per heavy atom. The van der Waals surface area contributed by atoms with Gasteiger partial charge < -0.3 is 14.2 Å². The van der Waals surface area contributed by atoms with Gasteiger partial charge in [-0.1, -0.05) is 43.1 Å². The van der Waals surface area contributed by atoms with Crippen molar-refractivity contribution in [2.24, 2.45) is 0 Å². The molecule has 3 aromatic carbocycles. The van der Waals surface area contributed by atoms with E-state index < -0.39 is 0 Å². The summed E-state index contributed by atoms with van der Waals surface area (Å²) in [5.41, 5.74) is 4.88. The quantitative estimate of drug-likeness (QED) is 0.268. The molecule has 2 aromatic heterocycles. The number of anilines is 1. The monoisotopic (exact) mass is 490 g/mol. The zero-order valence-corrected chi connectivity index (χ0v) is 19.9. The van der Waals surface area contributed by atoms with Crippen LogP contribution in [-0.2, 0) is 0 Å². The van der Waals surface area contributed by atoms with Crippen molar-refractivity contribution < 1.29 is 13.6 Å². The molecule has 170 valence electrons. The molecule has 5 aromatic rings. The Hall–Kier alpha value is -3.54. The van der Waals surface area contributed by atoms with Gasteiger partial charge in [-0.25, -0.2) is 4.98 Å². The predicted octanol–water partition coefficient (Wildman–Crippen LogP) is 8.44. The van der Waals surface area contributed by atoms with E-state index in [9.17, 15) is 4.79 Å². The normalized spacial score (nSPS) is 11.3. The lowest BCUT2D eigenvalue weighted by Gasteiger charge is -2.04. The molecule has 0 spiro atoms. The van der Waals surface area contributed by atoms with Gasteiger partial charge in [0.1, 0.15) is 11.3 Å². The topological polar surface area (TPSA) is 68.3 Å². The van der Waals surface area contributed by atoms with Gasteiger partial charge in [0.15, 0.2) is 11.3 Å². The second-order valence-electron chi connectivity index (χ2n) is 8.22. The lowest BCUT2D eigenvalue weighted by Crippen LogP contribution is -2.10. The smallest absolute Gasteiger partial charge is 0.291 e. The van der Waals surface area contributed by atoms with Crippen LogP contribution < -0.4 is 5.32 Å². The molecule has 5 rings (SSSR count). The van der Waals surface area contributed by atoms with Gasteiger partial charge in [-0.3, -0.25) is 4.79 Å². The van der Waals surface area contributed by atoms with Gasteiger partial charge >= 0.3 is 0 Å². The maximum absolute atomic E-state index is 12.7. The Morgan fingerprint density at radius 3 is 2.44 bits per heavy atom. The lowest BCUT2D eigenvalue weighted by atomic mass is 10.0. The van der Waals surface area contributed by atoms with Crippen molar-refractivity contribution in [3.05, 3.63) is 94.2 Å². The maximum atomic E-state index is 12.7. The fourth-order valence-corrected chi connectivity index (χ4v) is 4.11. The standard InChI is InChI=1S/C27H20Cl2N2O3/c1-15(2)17-5-10-24-22(13-17)31-27(34-24)16-3-7-19(8-4-16)30-26(32)25-12-11-23(33-25)20-9-6-18(28)14-21(20)29/h3-15H,1-2H3,(H,30,32). The van der Waals surface area contributed by atoms with Gasteiger partial charge in [-0.05, 0) is 78.2 Å². The molecule has 34 heavy (non-hydrogen) atoms. The highest BCUT2D eigenvalue weighted by atomic mass is 35.5. The molecule has 0 aliphatic rings. The fraction of sp³-hybridized carbons (Fsp3) is 0.111. The number of aromatic nitrogens is 1.